The van der Waals surface area contributed by atoms with E-state index in [1.165, 1.54) is 24.3 Å². The highest BCUT2D eigenvalue weighted by atomic mass is 16.6. The third kappa shape index (κ3) is 2.91. The molecule has 5 nitrogen and oxygen atoms in total. The minimum Gasteiger partial charge on any atom is -0.478 e. The molecule has 0 saturated carbocycles. The van der Waals surface area contributed by atoms with Crippen molar-refractivity contribution in [3.63, 3.8) is 0 Å². The summed E-state index contributed by atoms with van der Waals surface area (Å²) >= 11 is 0. The molecule has 0 amide bonds. The van der Waals surface area contributed by atoms with Crippen molar-refractivity contribution in [1.29, 1.82) is 0 Å². The van der Waals surface area contributed by atoms with E-state index in [4.69, 9.17) is 5.11 Å². The van der Waals surface area contributed by atoms with Crippen LogP contribution < -0.4 is 0 Å². The molecule has 0 atom stereocenters. The normalized spacial score (nSPS) is 11.2. The molecule has 1 aromatic carbocycles. The van der Waals surface area contributed by atoms with Crippen molar-refractivity contribution in [2.45, 2.75) is 13.3 Å². The summed E-state index contributed by atoms with van der Waals surface area (Å²) in [6.07, 6.45) is 1.81. The van der Waals surface area contributed by atoms with Crippen LogP contribution in [0.15, 0.2) is 29.8 Å². The first-order valence-corrected chi connectivity index (χ1v) is 4.73. The van der Waals surface area contributed by atoms with Gasteiger partial charge in [-0.15, -0.1) is 0 Å². The lowest BCUT2D eigenvalue weighted by Crippen LogP contribution is -1.98. The molecule has 1 rings (SSSR count). The highest BCUT2D eigenvalue weighted by molar-refractivity contribution is 5.92. The summed E-state index contributed by atoms with van der Waals surface area (Å²) < 4.78 is 0. The third-order valence-corrected chi connectivity index (χ3v) is 2.08. The molecule has 0 fully saturated rings. The molecule has 0 heterocycles. The zero-order valence-electron chi connectivity index (χ0n) is 8.71. The summed E-state index contributed by atoms with van der Waals surface area (Å²) in [4.78, 5) is 20.8. The molecule has 0 radical (unpaired) electrons. The Morgan fingerprint density at radius 3 is 2.75 bits per heavy atom. The van der Waals surface area contributed by atoms with E-state index in [-0.39, 0.29) is 11.3 Å². The molecule has 5 heteroatoms. The Morgan fingerprint density at radius 1 is 1.56 bits per heavy atom. The van der Waals surface area contributed by atoms with Crippen LogP contribution in [0.1, 0.15) is 18.9 Å². The molecule has 16 heavy (non-hydrogen) atoms. The fourth-order valence-electron chi connectivity index (χ4n) is 1.24. The third-order valence-electron chi connectivity index (χ3n) is 2.08. The van der Waals surface area contributed by atoms with Gasteiger partial charge in [0.2, 0.25) is 0 Å². The van der Waals surface area contributed by atoms with E-state index in [0.717, 1.165) is 0 Å². The molecule has 0 spiro atoms. The Morgan fingerprint density at radius 2 is 2.25 bits per heavy atom. The van der Waals surface area contributed by atoms with Crippen LogP contribution >= 0.6 is 0 Å². The first-order chi connectivity index (χ1) is 7.54. The lowest BCUT2D eigenvalue weighted by atomic mass is 10.1. The summed E-state index contributed by atoms with van der Waals surface area (Å²) in [5.74, 6) is -1.01. The smallest absolute Gasteiger partial charge is 0.331 e. The highest BCUT2D eigenvalue weighted by Crippen LogP contribution is 2.16. The van der Waals surface area contributed by atoms with Gasteiger partial charge in [-0.3, -0.25) is 10.1 Å². The van der Waals surface area contributed by atoms with Gasteiger partial charge in [-0.2, -0.15) is 0 Å². The molecular formula is C11H11NO4. The van der Waals surface area contributed by atoms with Crippen LogP contribution in [-0.4, -0.2) is 16.0 Å². The Balaban J connectivity index is 3.09. The highest BCUT2D eigenvalue weighted by Gasteiger charge is 2.07. The maximum absolute atomic E-state index is 10.8. The summed E-state index contributed by atoms with van der Waals surface area (Å²) in [6.45, 7) is 1.72. The van der Waals surface area contributed by atoms with Crippen molar-refractivity contribution in [2.75, 3.05) is 0 Å². The zero-order valence-corrected chi connectivity index (χ0v) is 8.71. The van der Waals surface area contributed by atoms with Crippen LogP contribution in [0.4, 0.5) is 5.69 Å². The summed E-state index contributed by atoms with van der Waals surface area (Å²) in [7, 11) is 0. The topological polar surface area (TPSA) is 80.4 Å². The first-order valence-electron chi connectivity index (χ1n) is 4.73. The van der Waals surface area contributed by atoms with E-state index in [9.17, 15) is 14.9 Å². The van der Waals surface area contributed by atoms with Gasteiger partial charge in [0.05, 0.1) is 4.92 Å². The largest absolute Gasteiger partial charge is 0.478 e. The SMILES string of the molecule is CC/C(=C\c1cccc([N+](=O)[O-])c1)C(=O)O. The Kier molecular flexibility index (Phi) is 3.77. The van der Waals surface area contributed by atoms with Crippen molar-refractivity contribution in [2.24, 2.45) is 0 Å². The molecule has 1 aromatic rings. The molecule has 0 aliphatic carbocycles. The van der Waals surface area contributed by atoms with Crippen molar-refractivity contribution < 1.29 is 14.8 Å². The number of carboxylic acids is 1. The molecule has 0 unspecified atom stereocenters. The van der Waals surface area contributed by atoms with E-state index in [2.05, 4.69) is 0 Å². The Bertz CT molecular complexity index is 451. The van der Waals surface area contributed by atoms with Gasteiger partial charge in [-0.05, 0) is 18.1 Å². The quantitative estimate of drug-likeness (QED) is 0.481. The van der Waals surface area contributed by atoms with E-state index >= 15 is 0 Å². The summed E-state index contributed by atoms with van der Waals surface area (Å²) in [6, 6.07) is 5.87. The number of benzene rings is 1. The average Bonchev–Trinajstić information content (AvgIpc) is 2.25. The van der Waals surface area contributed by atoms with Crippen LogP contribution in [0.25, 0.3) is 6.08 Å². The zero-order chi connectivity index (χ0) is 12.1. The van der Waals surface area contributed by atoms with E-state index in [1.807, 2.05) is 0 Å². The average molecular weight is 221 g/mol. The summed E-state index contributed by atoms with van der Waals surface area (Å²) in [5, 5.41) is 19.3. The standard InChI is InChI=1S/C11H11NO4/c1-2-9(11(13)14)6-8-4-3-5-10(7-8)12(15)16/h3-7H,2H2,1H3,(H,13,14)/b9-6+. The second-order valence-corrected chi connectivity index (χ2v) is 3.18. The first kappa shape index (κ1) is 11.9. The minimum absolute atomic E-state index is 0.0467. The number of nitro groups is 1. The monoisotopic (exact) mass is 221 g/mol. The number of aliphatic carboxylic acids is 1. The molecule has 1 N–H and O–H groups in total. The number of carbonyl (C=O) groups is 1. The Labute approximate surface area is 92.2 Å². The number of hydrogen-bond donors (Lipinski definition) is 1. The predicted molar refractivity (Wildman–Crippen MR) is 59.0 cm³/mol. The number of carboxylic acid groups (broad SMARTS) is 1. The lowest BCUT2D eigenvalue weighted by Gasteiger charge is -1.98. The van der Waals surface area contributed by atoms with E-state index in [1.54, 1.807) is 13.0 Å². The van der Waals surface area contributed by atoms with Gasteiger partial charge in [0.25, 0.3) is 5.69 Å². The molecular weight excluding hydrogens is 210 g/mol. The van der Waals surface area contributed by atoms with Gasteiger partial charge in [0.1, 0.15) is 0 Å². The predicted octanol–water partition coefficient (Wildman–Crippen LogP) is 2.47. The van der Waals surface area contributed by atoms with Crippen LogP contribution in [-0.2, 0) is 4.79 Å². The maximum atomic E-state index is 10.8. The lowest BCUT2D eigenvalue weighted by molar-refractivity contribution is -0.384. The van der Waals surface area contributed by atoms with Gasteiger partial charge in [0.15, 0.2) is 0 Å². The Hall–Kier alpha value is -2.17. The van der Waals surface area contributed by atoms with Crippen LogP contribution in [0, 0.1) is 10.1 Å². The van der Waals surface area contributed by atoms with Gasteiger partial charge in [0, 0.05) is 17.7 Å². The van der Waals surface area contributed by atoms with Crippen molar-refractivity contribution >= 4 is 17.7 Å². The second-order valence-electron chi connectivity index (χ2n) is 3.18. The van der Waals surface area contributed by atoms with Gasteiger partial charge >= 0.3 is 5.97 Å². The van der Waals surface area contributed by atoms with Gasteiger partial charge in [-0.1, -0.05) is 19.1 Å². The second kappa shape index (κ2) is 5.06. The molecule has 0 saturated heterocycles. The number of nitrogens with zero attached hydrogens (tertiary/aromatic N) is 1. The fourth-order valence-corrected chi connectivity index (χ4v) is 1.24. The van der Waals surface area contributed by atoms with Crippen LogP contribution in [0.2, 0.25) is 0 Å². The van der Waals surface area contributed by atoms with Crippen LogP contribution in [0.3, 0.4) is 0 Å². The van der Waals surface area contributed by atoms with Crippen molar-refractivity contribution in [3.8, 4) is 0 Å². The van der Waals surface area contributed by atoms with Crippen molar-refractivity contribution in [3.05, 3.63) is 45.5 Å². The van der Waals surface area contributed by atoms with Gasteiger partial charge < -0.3 is 5.11 Å². The molecule has 0 aliphatic heterocycles. The van der Waals surface area contributed by atoms with E-state index in [0.29, 0.717) is 12.0 Å². The maximum Gasteiger partial charge on any atom is 0.331 e. The van der Waals surface area contributed by atoms with Gasteiger partial charge in [-0.25, -0.2) is 4.79 Å². The molecule has 0 aliphatic rings. The van der Waals surface area contributed by atoms with E-state index < -0.39 is 10.9 Å². The summed E-state index contributed by atoms with van der Waals surface area (Å²) in [5.41, 5.74) is 0.698. The number of rotatable bonds is 4. The van der Waals surface area contributed by atoms with Crippen molar-refractivity contribution in [1.82, 2.24) is 0 Å². The molecule has 0 bridgehead atoms. The molecule has 84 valence electrons. The van der Waals surface area contributed by atoms with Crippen LogP contribution in [0.5, 0.6) is 0 Å². The molecule has 0 aromatic heterocycles. The number of nitro benzene ring substituents is 1. The minimum atomic E-state index is -1.01. The fraction of sp³-hybridized carbons (Fsp3) is 0.182. The number of non-ortho nitro benzene ring substituents is 1. The number of hydrogen-bond acceptors (Lipinski definition) is 3.